The lowest BCUT2D eigenvalue weighted by Gasteiger charge is -2.27. The maximum atomic E-state index is 13.5. The summed E-state index contributed by atoms with van der Waals surface area (Å²) in [7, 11) is 0. The van der Waals surface area contributed by atoms with Gasteiger partial charge >= 0.3 is 11.7 Å². The van der Waals surface area contributed by atoms with Crippen molar-refractivity contribution in [2.45, 2.75) is 37.0 Å². The van der Waals surface area contributed by atoms with Crippen LogP contribution in [0.4, 0.5) is 26.3 Å². The summed E-state index contributed by atoms with van der Waals surface area (Å²) in [6, 6.07) is 7.45. The van der Waals surface area contributed by atoms with Crippen LogP contribution in [0.5, 0.6) is 0 Å². The van der Waals surface area contributed by atoms with E-state index in [0.29, 0.717) is 6.07 Å². The highest BCUT2D eigenvalue weighted by Gasteiger charge is 2.39. The Kier molecular flexibility index (Phi) is 7.42. The van der Waals surface area contributed by atoms with E-state index in [1.807, 2.05) is 6.07 Å². The standard InChI is InChI=1S/C22H15Cl2F6N3OS/c1-11(19(34)12-3-5-13(6-4-12)35-22(28,29)30)20(2,9-31)10-33-8-14-15(21(25,26)27)7-16(23)17(24)18(14)32-33/h3-8,11H,10H2,1-2H3/t11-,20?/m0/s1. The number of thioether (sulfide) groups is 1. The molecule has 0 aliphatic carbocycles. The van der Waals surface area contributed by atoms with Crippen molar-refractivity contribution in [2.24, 2.45) is 11.3 Å². The first-order valence-electron chi connectivity index (χ1n) is 9.79. The number of hydrogen-bond donors (Lipinski definition) is 0. The Morgan fingerprint density at radius 3 is 2.29 bits per heavy atom. The molecule has 1 heterocycles. The quantitative estimate of drug-likeness (QED) is 0.176. The van der Waals surface area contributed by atoms with Gasteiger partial charge in [-0.3, -0.25) is 9.48 Å². The number of alkyl halides is 6. The van der Waals surface area contributed by atoms with Crippen LogP contribution in [0, 0.1) is 22.7 Å². The van der Waals surface area contributed by atoms with Crippen LogP contribution < -0.4 is 0 Å². The summed E-state index contributed by atoms with van der Waals surface area (Å²) in [6.07, 6.45) is -3.66. The van der Waals surface area contributed by atoms with Crippen LogP contribution in [0.1, 0.15) is 29.8 Å². The smallest absolute Gasteiger partial charge is 0.294 e. The minimum Gasteiger partial charge on any atom is -0.294 e. The number of carbonyl (C=O) groups is 1. The molecule has 2 atom stereocenters. The summed E-state index contributed by atoms with van der Waals surface area (Å²) >= 11 is 11.6. The molecular weight excluding hydrogens is 539 g/mol. The molecule has 2 aromatic carbocycles. The molecule has 0 N–H and O–H groups in total. The number of hydrogen-bond acceptors (Lipinski definition) is 4. The fourth-order valence-electron chi connectivity index (χ4n) is 3.44. The number of nitrogens with zero attached hydrogens (tertiary/aromatic N) is 3. The van der Waals surface area contributed by atoms with Gasteiger partial charge in [-0.25, -0.2) is 0 Å². The van der Waals surface area contributed by atoms with E-state index >= 15 is 0 Å². The van der Waals surface area contributed by atoms with Crippen molar-refractivity contribution in [2.75, 3.05) is 0 Å². The first-order chi connectivity index (χ1) is 16.1. The molecule has 4 nitrogen and oxygen atoms in total. The Bertz CT molecular complexity index is 1310. The Balaban J connectivity index is 1.92. The first-order valence-corrected chi connectivity index (χ1v) is 11.4. The first kappa shape index (κ1) is 27.2. The van der Waals surface area contributed by atoms with Gasteiger partial charge in [-0.05, 0) is 36.9 Å². The number of rotatable bonds is 6. The number of carbonyl (C=O) groups excluding carboxylic acids is 1. The summed E-state index contributed by atoms with van der Waals surface area (Å²) in [6.45, 7) is 2.63. The summed E-state index contributed by atoms with van der Waals surface area (Å²) in [5, 5.41) is 13.1. The van der Waals surface area contributed by atoms with Gasteiger partial charge in [0, 0.05) is 28.0 Å². The van der Waals surface area contributed by atoms with Gasteiger partial charge in [0.2, 0.25) is 0 Å². The van der Waals surface area contributed by atoms with Crippen molar-refractivity contribution in [3.05, 3.63) is 57.7 Å². The van der Waals surface area contributed by atoms with E-state index in [4.69, 9.17) is 23.2 Å². The third-order valence-corrected chi connectivity index (χ3v) is 7.03. The van der Waals surface area contributed by atoms with Gasteiger partial charge in [0.25, 0.3) is 0 Å². The molecule has 3 rings (SSSR count). The zero-order valence-electron chi connectivity index (χ0n) is 17.9. The van der Waals surface area contributed by atoms with Crippen molar-refractivity contribution in [3.8, 4) is 6.07 Å². The molecule has 0 spiro atoms. The third kappa shape index (κ3) is 5.88. The molecule has 0 fully saturated rings. The average molecular weight is 554 g/mol. The zero-order chi connectivity index (χ0) is 26.3. The van der Waals surface area contributed by atoms with Gasteiger partial charge in [-0.15, -0.1) is 0 Å². The minimum atomic E-state index is -4.74. The van der Waals surface area contributed by atoms with Crippen LogP contribution in [0.15, 0.2) is 41.4 Å². The van der Waals surface area contributed by atoms with Crippen LogP contribution in [0.2, 0.25) is 10.0 Å². The fourth-order valence-corrected chi connectivity index (χ4v) is 4.38. The van der Waals surface area contributed by atoms with Gasteiger partial charge in [0.1, 0.15) is 5.52 Å². The molecule has 35 heavy (non-hydrogen) atoms. The van der Waals surface area contributed by atoms with E-state index in [1.54, 1.807) is 0 Å². The van der Waals surface area contributed by atoms with Gasteiger partial charge in [0.15, 0.2) is 5.78 Å². The molecule has 0 amide bonds. The predicted octanol–water partition coefficient (Wildman–Crippen LogP) is 8.02. The van der Waals surface area contributed by atoms with Crippen LogP contribution in [0.3, 0.4) is 0 Å². The van der Waals surface area contributed by atoms with Crippen LogP contribution in [-0.2, 0) is 12.7 Å². The largest absolute Gasteiger partial charge is 0.446 e. The van der Waals surface area contributed by atoms with Gasteiger partial charge in [0.05, 0.1) is 33.6 Å². The summed E-state index contributed by atoms with van der Waals surface area (Å²) < 4.78 is 79.1. The highest BCUT2D eigenvalue weighted by atomic mass is 35.5. The minimum absolute atomic E-state index is 0.0882. The monoisotopic (exact) mass is 553 g/mol. The van der Waals surface area contributed by atoms with Crippen molar-refractivity contribution in [1.29, 1.82) is 5.26 Å². The zero-order valence-corrected chi connectivity index (χ0v) is 20.3. The summed E-state index contributed by atoms with van der Waals surface area (Å²) in [5.74, 6) is -1.51. The highest BCUT2D eigenvalue weighted by molar-refractivity contribution is 8.00. The molecule has 0 saturated carbocycles. The maximum Gasteiger partial charge on any atom is 0.446 e. The number of aromatic nitrogens is 2. The van der Waals surface area contributed by atoms with Gasteiger partial charge in [-0.2, -0.15) is 36.7 Å². The summed E-state index contributed by atoms with van der Waals surface area (Å²) in [4.78, 5) is 12.9. The van der Waals surface area contributed by atoms with E-state index in [-0.39, 0.29) is 49.7 Å². The Morgan fingerprint density at radius 2 is 1.77 bits per heavy atom. The molecule has 0 aliphatic rings. The lowest BCUT2D eigenvalue weighted by atomic mass is 9.75. The molecule has 0 bridgehead atoms. The van der Waals surface area contributed by atoms with E-state index < -0.39 is 34.4 Å². The SMILES string of the molecule is C[C@@H](C(=O)c1ccc(SC(F)(F)F)cc1)C(C)(C#N)Cn1cc2c(C(F)(F)F)cc(Cl)c(Cl)c2n1. The van der Waals surface area contributed by atoms with Gasteiger partial charge in [-0.1, -0.05) is 42.3 Å². The van der Waals surface area contributed by atoms with Crippen molar-refractivity contribution in [1.82, 2.24) is 9.78 Å². The molecule has 1 aromatic heterocycles. The van der Waals surface area contributed by atoms with E-state index in [1.165, 1.54) is 26.0 Å². The van der Waals surface area contributed by atoms with E-state index in [2.05, 4.69) is 5.10 Å². The van der Waals surface area contributed by atoms with E-state index in [0.717, 1.165) is 23.0 Å². The van der Waals surface area contributed by atoms with Gasteiger partial charge < -0.3 is 0 Å². The van der Waals surface area contributed by atoms with Crippen LogP contribution >= 0.6 is 35.0 Å². The van der Waals surface area contributed by atoms with Crippen LogP contribution in [0.25, 0.3) is 10.9 Å². The van der Waals surface area contributed by atoms with Crippen molar-refractivity contribution < 1.29 is 31.1 Å². The number of nitriles is 1. The number of ketones is 1. The topological polar surface area (TPSA) is 58.7 Å². The van der Waals surface area contributed by atoms with Crippen molar-refractivity contribution >= 4 is 51.6 Å². The second kappa shape index (κ2) is 9.56. The molecule has 0 aliphatic heterocycles. The lowest BCUT2D eigenvalue weighted by Crippen LogP contribution is -2.34. The number of Topliss-reactive ketones (excluding diaryl/α,β-unsaturated/α-hetero) is 1. The lowest BCUT2D eigenvalue weighted by molar-refractivity contribution is -0.136. The van der Waals surface area contributed by atoms with Crippen molar-refractivity contribution in [3.63, 3.8) is 0 Å². The Labute approximate surface area is 209 Å². The second-order valence-corrected chi connectivity index (χ2v) is 9.92. The molecular formula is C22H15Cl2F6N3OS. The fraction of sp³-hybridized carbons (Fsp3) is 0.318. The molecule has 1 unspecified atom stereocenters. The van der Waals surface area contributed by atoms with E-state index in [9.17, 15) is 36.4 Å². The Hall–Kier alpha value is -2.42. The van der Waals surface area contributed by atoms with Crippen LogP contribution in [-0.4, -0.2) is 21.1 Å². The highest BCUT2D eigenvalue weighted by Crippen LogP contribution is 2.41. The summed E-state index contributed by atoms with van der Waals surface area (Å²) in [5.41, 5.74) is -7.08. The predicted molar refractivity (Wildman–Crippen MR) is 120 cm³/mol. The second-order valence-electron chi connectivity index (χ2n) is 7.99. The maximum absolute atomic E-state index is 13.5. The molecule has 186 valence electrons. The number of benzene rings is 2. The molecule has 13 heteroatoms. The molecule has 0 radical (unpaired) electrons. The normalized spacial score (nSPS) is 15.0. The third-order valence-electron chi connectivity index (χ3n) is 5.51. The molecule has 0 saturated heterocycles. The number of halogens is 8. The Morgan fingerprint density at radius 1 is 1.17 bits per heavy atom. The number of fused-ring (bicyclic) bond motifs is 1. The molecule has 3 aromatic rings. The average Bonchev–Trinajstić information content (AvgIpc) is 3.17.